The highest BCUT2D eigenvalue weighted by molar-refractivity contribution is 8.00. The first-order chi connectivity index (χ1) is 13.6. The van der Waals surface area contributed by atoms with Crippen molar-refractivity contribution in [2.24, 2.45) is 0 Å². The van der Waals surface area contributed by atoms with Gasteiger partial charge in [-0.1, -0.05) is 18.2 Å². The number of hydrogen-bond donors (Lipinski definition) is 0. The molecule has 0 saturated carbocycles. The van der Waals surface area contributed by atoms with Crippen LogP contribution in [0.1, 0.15) is 35.4 Å². The summed E-state index contributed by atoms with van der Waals surface area (Å²) in [5.41, 5.74) is 4.15. The lowest BCUT2D eigenvalue weighted by Crippen LogP contribution is -2.28. The van der Waals surface area contributed by atoms with Gasteiger partial charge in [-0.05, 0) is 73.5 Å². The Morgan fingerprint density at radius 1 is 1.29 bits per heavy atom. The van der Waals surface area contributed by atoms with Crippen molar-refractivity contribution in [3.8, 4) is 11.5 Å². The number of thioether (sulfide) groups is 1. The zero-order valence-electron chi connectivity index (χ0n) is 16.6. The van der Waals surface area contributed by atoms with E-state index in [2.05, 4.69) is 42.3 Å². The molecule has 148 valence electrons. The van der Waals surface area contributed by atoms with Crippen molar-refractivity contribution in [1.29, 1.82) is 0 Å². The topological polar surface area (TPSA) is 38.8 Å². The largest absolute Gasteiger partial charge is 0.496 e. The first-order valence-corrected chi connectivity index (χ1v) is 10.9. The van der Waals surface area contributed by atoms with Crippen LogP contribution in [0.4, 0.5) is 0 Å². The molecule has 4 rings (SSSR count). The number of nitrogens with zero attached hydrogens (tertiary/aromatic N) is 1. The lowest BCUT2D eigenvalue weighted by Gasteiger charge is -2.30. The van der Waals surface area contributed by atoms with Crippen molar-refractivity contribution >= 4 is 17.7 Å². The van der Waals surface area contributed by atoms with E-state index >= 15 is 0 Å². The van der Waals surface area contributed by atoms with Crippen molar-refractivity contribution in [3.05, 3.63) is 53.1 Å². The van der Waals surface area contributed by atoms with E-state index in [9.17, 15) is 4.79 Å². The maximum absolute atomic E-state index is 11.4. The molecule has 2 aromatic rings. The molecule has 0 bridgehead atoms. The maximum atomic E-state index is 11.4. The molecule has 0 fully saturated rings. The smallest absolute Gasteiger partial charge is 0.321 e. The molecule has 0 aromatic heterocycles. The van der Waals surface area contributed by atoms with Crippen molar-refractivity contribution in [2.45, 2.75) is 36.5 Å². The third-order valence-corrected chi connectivity index (χ3v) is 6.71. The maximum Gasteiger partial charge on any atom is 0.321 e. The van der Waals surface area contributed by atoms with Gasteiger partial charge in [0.1, 0.15) is 11.5 Å². The number of rotatable bonds is 6. The normalized spacial score (nSPS) is 18.4. The Bertz CT molecular complexity index is 867. The van der Waals surface area contributed by atoms with Crippen LogP contribution in [0.3, 0.4) is 0 Å². The molecule has 0 radical (unpaired) electrons. The van der Waals surface area contributed by atoms with Gasteiger partial charge in [-0.25, -0.2) is 0 Å². The summed E-state index contributed by atoms with van der Waals surface area (Å²) < 4.78 is 10.9. The number of esters is 1. The van der Waals surface area contributed by atoms with Gasteiger partial charge in [0.25, 0.3) is 0 Å². The van der Waals surface area contributed by atoms with Crippen LogP contribution in [0.15, 0.2) is 41.3 Å². The lowest BCUT2D eigenvalue weighted by atomic mass is 9.82. The molecule has 1 atom stereocenters. The van der Waals surface area contributed by atoms with Crippen LogP contribution in [0.5, 0.6) is 11.5 Å². The van der Waals surface area contributed by atoms with Gasteiger partial charge >= 0.3 is 5.97 Å². The summed E-state index contributed by atoms with van der Waals surface area (Å²) in [4.78, 5) is 14.9. The average molecular weight is 398 g/mol. The van der Waals surface area contributed by atoms with E-state index in [1.54, 1.807) is 18.9 Å². The van der Waals surface area contributed by atoms with Crippen LogP contribution in [0.25, 0.3) is 0 Å². The minimum Gasteiger partial charge on any atom is -0.496 e. The Morgan fingerprint density at radius 3 is 3.04 bits per heavy atom. The Hall–Kier alpha value is -1.98. The lowest BCUT2D eigenvalue weighted by molar-refractivity contribution is -0.131. The molecule has 1 aliphatic heterocycles. The second-order valence-electron chi connectivity index (χ2n) is 7.67. The molecular weight excluding hydrogens is 370 g/mol. The van der Waals surface area contributed by atoms with Gasteiger partial charge in [0.2, 0.25) is 0 Å². The summed E-state index contributed by atoms with van der Waals surface area (Å²) in [6.45, 7) is 2.08. The minimum atomic E-state index is -0.158. The summed E-state index contributed by atoms with van der Waals surface area (Å²) in [6.07, 6.45) is 4.59. The second kappa shape index (κ2) is 8.58. The van der Waals surface area contributed by atoms with E-state index < -0.39 is 0 Å². The first-order valence-electron chi connectivity index (χ1n) is 9.95. The summed E-state index contributed by atoms with van der Waals surface area (Å²) in [5, 5.41) is 0. The van der Waals surface area contributed by atoms with Crippen molar-refractivity contribution in [1.82, 2.24) is 4.90 Å². The molecule has 0 N–H and O–H groups in total. The predicted octanol–water partition coefficient (Wildman–Crippen LogP) is 4.30. The molecule has 2 aromatic carbocycles. The van der Waals surface area contributed by atoms with Gasteiger partial charge in [-0.3, -0.25) is 4.79 Å². The van der Waals surface area contributed by atoms with Crippen molar-refractivity contribution < 1.29 is 14.3 Å². The summed E-state index contributed by atoms with van der Waals surface area (Å²) >= 11 is 1.57. The molecule has 1 heterocycles. The number of methoxy groups -OCH3 is 1. The van der Waals surface area contributed by atoms with E-state index in [-0.39, 0.29) is 5.97 Å². The molecule has 0 saturated heterocycles. The van der Waals surface area contributed by atoms with Gasteiger partial charge in [-0.15, -0.1) is 11.8 Å². The number of carbonyl (C=O) groups excluding carboxylic acids is 1. The van der Waals surface area contributed by atoms with Crippen molar-refractivity contribution in [2.75, 3.05) is 33.0 Å². The number of fused-ring (bicyclic) bond motifs is 2. The molecular formula is C23H27NO3S. The van der Waals surface area contributed by atoms with Crippen LogP contribution in [-0.2, 0) is 17.6 Å². The van der Waals surface area contributed by atoms with Gasteiger partial charge in [-0.2, -0.15) is 0 Å². The summed E-state index contributed by atoms with van der Waals surface area (Å²) in [6, 6.07) is 12.6. The molecule has 1 aliphatic carbocycles. The van der Waals surface area contributed by atoms with E-state index in [1.165, 1.54) is 29.5 Å². The Labute approximate surface area is 171 Å². The molecule has 0 amide bonds. The minimum absolute atomic E-state index is 0.158. The van der Waals surface area contributed by atoms with E-state index in [0.717, 1.165) is 36.6 Å². The van der Waals surface area contributed by atoms with E-state index in [4.69, 9.17) is 9.47 Å². The third kappa shape index (κ3) is 4.20. The summed E-state index contributed by atoms with van der Waals surface area (Å²) in [5.74, 6) is 2.56. The zero-order chi connectivity index (χ0) is 19.5. The van der Waals surface area contributed by atoms with Gasteiger partial charge < -0.3 is 14.4 Å². The molecule has 5 heteroatoms. The highest BCUT2D eigenvalue weighted by atomic mass is 32.2. The van der Waals surface area contributed by atoms with Gasteiger partial charge in [0.05, 0.1) is 17.8 Å². The fraction of sp³-hybridized carbons (Fsp3) is 0.435. The SMILES string of the molecule is COc1cccc2c1CCCC2CN(C)CCc1ccc2c(c1)SCC(=O)O2. The number of hydrogen-bond acceptors (Lipinski definition) is 5. The zero-order valence-corrected chi connectivity index (χ0v) is 17.4. The van der Waals surface area contributed by atoms with Crippen LogP contribution >= 0.6 is 11.8 Å². The van der Waals surface area contributed by atoms with Crippen molar-refractivity contribution in [3.63, 3.8) is 0 Å². The van der Waals surface area contributed by atoms with E-state index in [0.29, 0.717) is 17.4 Å². The van der Waals surface area contributed by atoms with Crippen LogP contribution in [0.2, 0.25) is 0 Å². The third-order valence-electron chi connectivity index (χ3n) is 5.70. The summed E-state index contributed by atoms with van der Waals surface area (Å²) in [7, 11) is 3.98. The molecule has 2 aliphatic rings. The van der Waals surface area contributed by atoms with Gasteiger partial charge in [0.15, 0.2) is 0 Å². The Morgan fingerprint density at radius 2 is 2.18 bits per heavy atom. The highest BCUT2D eigenvalue weighted by Gasteiger charge is 2.24. The predicted molar refractivity (Wildman–Crippen MR) is 113 cm³/mol. The number of benzene rings is 2. The number of likely N-dealkylation sites (N-methyl/N-ethyl adjacent to an activating group) is 1. The highest BCUT2D eigenvalue weighted by Crippen LogP contribution is 2.37. The average Bonchev–Trinajstić information content (AvgIpc) is 2.72. The fourth-order valence-electron chi connectivity index (χ4n) is 4.28. The first kappa shape index (κ1) is 19.3. The second-order valence-corrected chi connectivity index (χ2v) is 8.69. The van der Waals surface area contributed by atoms with E-state index in [1.807, 2.05) is 6.07 Å². The molecule has 28 heavy (non-hydrogen) atoms. The Kier molecular flexibility index (Phi) is 5.93. The number of carbonyl (C=O) groups is 1. The van der Waals surface area contributed by atoms with Crippen LogP contribution < -0.4 is 9.47 Å². The molecule has 0 spiro atoms. The Balaban J connectivity index is 1.37. The molecule has 4 nitrogen and oxygen atoms in total. The number of ether oxygens (including phenoxy) is 2. The quantitative estimate of drug-likeness (QED) is 0.537. The van der Waals surface area contributed by atoms with Crippen LogP contribution in [-0.4, -0.2) is 43.9 Å². The van der Waals surface area contributed by atoms with Gasteiger partial charge in [0, 0.05) is 13.1 Å². The standard InChI is InChI=1S/C23H27NO3S/c1-24(12-11-16-9-10-21-22(13-16)28-15-23(25)27-21)14-17-5-3-7-19-18(17)6-4-8-20(19)26-2/h4,6,8-10,13,17H,3,5,7,11-12,14-15H2,1-2H3. The van der Waals surface area contributed by atoms with Crippen LogP contribution in [0, 0.1) is 0 Å². The monoisotopic (exact) mass is 397 g/mol. The fourth-order valence-corrected chi connectivity index (χ4v) is 5.09. The molecule has 1 unspecified atom stereocenters.